The van der Waals surface area contributed by atoms with Gasteiger partial charge in [-0.1, -0.05) is 210 Å². The van der Waals surface area contributed by atoms with Gasteiger partial charge in [0, 0.05) is 22.4 Å². The van der Waals surface area contributed by atoms with Gasteiger partial charge in [0.1, 0.15) is 11.4 Å². The molecule has 0 spiro atoms. The molecule has 0 radical (unpaired) electrons. The molecule has 3 N–H and O–H groups in total. The Kier molecular flexibility index (Phi) is 20.0. The Bertz CT molecular complexity index is 1770. The van der Waals surface area contributed by atoms with Crippen LogP contribution in [0.15, 0.2) is 90.5 Å². The average Bonchev–Trinajstić information content (AvgIpc) is 3.25. The Labute approximate surface area is 358 Å². The lowest BCUT2D eigenvalue weighted by Gasteiger charge is -2.38. The van der Waals surface area contributed by atoms with Crippen LogP contribution in [0.4, 0.5) is 5.69 Å². The molecule has 0 bridgehead atoms. The molecule has 2 aliphatic carbocycles. The van der Waals surface area contributed by atoms with Crippen molar-refractivity contribution in [3.63, 3.8) is 0 Å². The van der Waals surface area contributed by atoms with Gasteiger partial charge in [0.05, 0.1) is 5.56 Å². The second kappa shape index (κ2) is 25.6. The van der Waals surface area contributed by atoms with Crippen molar-refractivity contribution in [2.24, 2.45) is 5.73 Å². The van der Waals surface area contributed by atoms with Crippen LogP contribution < -0.4 is 15.8 Å². The summed E-state index contributed by atoms with van der Waals surface area (Å²) in [4.78, 5) is 27.4. The molecule has 320 valence electrons. The van der Waals surface area contributed by atoms with Crippen LogP contribution in [-0.2, 0) is 6.42 Å². The lowest BCUT2D eigenvalue weighted by Crippen LogP contribution is -2.58. The van der Waals surface area contributed by atoms with Gasteiger partial charge in [-0.15, -0.1) is 0 Å². The zero-order valence-electron chi connectivity index (χ0n) is 36.8. The van der Waals surface area contributed by atoms with Crippen LogP contribution in [0.2, 0.25) is 0 Å². The summed E-state index contributed by atoms with van der Waals surface area (Å²) in [5, 5.41) is 3.50. The van der Waals surface area contributed by atoms with Gasteiger partial charge in [-0.05, 0) is 67.2 Å². The third-order valence-corrected chi connectivity index (χ3v) is 12.5. The number of ether oxygens (including phenoxy) is 1. The average molecular weight is 801 g/mol. The quantitative estimate of drug-likeness (QED) is 0.0405. The van der Waals surface area contributed by atoms with Crippen LogP contribution >= 0.6 is 0 Å². The molecule has 5 heteroatoms. The Morgan fingerprint density at radius 3 is 1.56 bits per heavy atom. The lowest BCUT2D eigenvalue weighted by atomic mass is 9.82. The van der Waals surface area contributed by atoms with E-state index in [0.29, 0.717) is 27.9 Å². The largest absolute Gasteiger partial charge is 0.482 e. The van der Waals surface area contributed by atoms with Crippen LogP contribution in [0.3, 0.4) is 0 Å². The highest BCUT2D eigenvalue weighted by atomic mass is 16.5. The van der Waals surface area contributed by atoms with E-state index in [1.165, 1.54) is 159 Å². The number of hydrogen-bond acceptors (Lipinski definition) is 5. The Morgan fingerprint density at radius 2 is 1.02 bits per heavy atom. The zero-order valence-corrected chi connectivity index (χ0v) is 36.8. The smallest absolute Gasteiger partial charge is 0.196 e. The Balaban J connectivity index is 1.15. The number of rotatable bonds is 30. The maximum absolute atomic E-state index is 13.9. The predicted molar refractivity (Wildman–Crippen MR) is 249 cm³/mol. The summed E-state index contributed by atoms with van der Waals surface area (Å²) in [6.45, 7) is 4.56. The molecule has 0 aliphatic heterocycles. The molecule has 3 aromatic rings. The minimum Gasteiger partial charge on any atom is -0.482 e. The van der Waals surface area contributed by atoms with Crippen molar-refractivity contribution in [2.45, 2.75) is 193 Å². The number of aryl methyl sites for hydroxylation is 1. The monoisotopic (exact) mass is 801 g/mol. The molecule has 2 atom stereocenters. The van der Waals surface area contributed by atoms with Crippen molar-refractivity contribution >= 4 is 17.3 Å². The molecule has 5 rings (SSSR count). The first kappa shape index (κ1) is 46.1. The van der Waals surface area contributed by atoms with Crippen molar-refractivity contribution in [3.8, 4) is 5.75 Å². The van der Waals surface area contributed by atoms with Gasteiger partial charge < -0.3 is 15.8 Å². The molecule has 0 fully saturated rings. The first-order chi connectivity index (χ1) is 28.9. The molecule has 0 saturated carbocycles. The fourth-order valence-corrected chi connectivity index (χ4v) is 8.84. The summed E-state index contributed by atoms with van der Waals surface area (Å²) in [6.07, 6.45) is 39.9. The van der Waals surface area contributed by atoms with Gasteiger partial charge >= 0.3 is 0 Å². The third-order valence-electron chi connectivity index (χ3n) is 12.5. The second-order valence-electron chi connectivity index (χ2n) is 17.5. The molecule has 2 unspecified atom stereocenters. The first-order valence-corrected chi connectivity index (χ1v) is 24.0. The highest BCUT2D eigenvalue weighted by Gasteiger charge is 2.39. The van der Waals surface area contributed by atoms with Gasteiger partial charge in [-0.2, -0.15) is 0 Å². The molecular weight excluding hydrogens is 725 g/mol. The van der Waals surface area contributed by atoms with Crippen molar-refractivity contribution in [1.82, 2.24) is 0 Å². The number of hydrogen-bond donors (Lipinski definition) is 2. The van der Waals surface area contributed by atoms with Gasteiger partial charge in [0.25, 0.3) is 0 Å². The van der Waals surface area contributed by atoms with E-state index in [2.05, 4.69) is 55.6 Å². The number of anilines is 1. The number of unbranched alkanes of at least 4 members (excludes halogenated alkanes) is 22. The van der Waals surface area contributed by atoms with E-state index in [1.807, 2.05) is 18.2 Å². The van der Waals surface area contributed by atoms with E-state index in [-0.39, 0.29) is 11.6 Å². The SMILES string of the molecule is CCCCCCCCCCCCCCCCc1ccc(OC2C=C(CCCCCCCCCCCC)C=CC2(N)Nc2cccc3c2C(=O)c2ccccc2C3=O)cc1. The molecule has 0 heterocycles. The molecule has 0 amide bonds. The number of carbonyl (C=O) groups excluding carboxylic acids is 2. The zero-order chi connectivity index (χ0) is 41.5. The van der Waals surface area contributed by atoms with Crippen molar-refractivity contribution in [2.75, 3.05) is 5.32 Å². The van der Waals surface area contributed by atoms with Crippen LogP contribution in [0.5, 0.6) is 5.75 Å². The van der Waals surface area contributed by atoms with Crippen LogP contribution in [-0.4, -0.2) is 23.3 Å². The van der Waals surface area contributed by atoms with Crippen molar-refractivity contribution in [3.05, 3.63) is 118 Å². The van der Waals surface area contributed by atoms with Gasteiger partial charge in [0.2, 0.25) is 0 Å². The number of nitrogens with one attached hydrogen (secondary N) is 1. The van der Waals surface area contributed by atoms with E-state index >= 15 is 0 Å². The number of carbonyl (C=O) groups is 2. The Hall–Kier alpha value is -3.96. The van der Waals surface area contributed by atoms with Crippen molar-refractivity contribution in [1.29, 1.82) is 0 Å². The summed E-state index contributed by atoms with van der Waals surface area (Å²) in [6, 6.07) is 20.9. The minimum absolute atomic E-state index is 0.148. The highest BCUT2D eigenvalue weighted by Crippen LogP contribution is 2.35. The van der Waals surface area contributed by atoms with Crippen molar-refractivity contribution < 1.29 is 14.3 Å². The summed E-state index contributed by atoms with van der Waals surface area (Å²) in [5.74, 6) is 0.437. The summed E-state index contributed by atoms with van der Waals surface area (Å²) in [7, 11) is 0. The number of benzene rings is 3. The molecule has 0 aromatic heterocycles. The van der Waals surface area contributed by atoms with Gasteiger partial charge in [0.15, 0.2) is 17.7 Å². The topological polar surface area (TPSA) is 81.4 Å². The molecule has 5 nitrogen and oxygen atoms in total. The number of fused-ring (bicyclic) bond motifs is 2. The summed E-state index contributed by atoms with van der Waals surface area (Å²) < 4.78 is 6.74. The number of ketones is 2. The second-order valence-corrected chi connectivity index (χ2v) is 17.5. The van der Waals surface area contributed by atoms with E-state index in [0.717, 1.165) is 25.0 Å². The lowest BCUT2D eigenvalue weighted by molar-refractivity contribution is 0.0979. The molecular formula is C54H76N2O3. The molecule has 0 saturated heterocycles. The minimum atomic E-state index is -1.16. The summed E-state index contributed by atoms with van der Waals surface area (Å²) >= 11 is 0. The first-order valence-electron chi connectivity index (χ1n) is 24.0. The molecule has 2 aliphatic rings. The fourth-order valence-electron chi connectivity index (χ4n) is 8.84. The van der Waals surface area contributed by atoms with Gasteiger partial charge in [-0.3, -0.25) is 9.59 Å². The fraction of sp³-hybridized carbons (Fsp3) is 0.556. The normalized spacial score (nSPS) is 17.1. The predicted octanol–water partition coefficient (Wildman–Crippen LogP) is 14.8. The van der Waals surface area contributed by atoms with Crippen LogP contribution in [0.25, 0.3) is 0 Å². The van der Waals surface area contributed by atoms with E-state index in [9.17, 15) is 9.59 Å². The van der Waals surface area contributed by atoms with Gasteiger partial charge in [-0.25, -0.2) is 0 Å². The number of allylic oxidation sites excluding steroid dienone is 2. The maximum Gasteiger partial charge on any atom is 0.196 e. The third kappa shape index (κ3) is 14.6. The standard InChI is InChI=1S/C54H76N2O3/c1-3-5-7-9-11-13-15-16-17-18-20-21-23-25-30-43-36-38-45(39-37-43)59-50-42-44(31-26-24-22-19-14-12-10-8-6-4-2)40-41-54(50,55)56-49-35-29-34-48-51(49)53(58)47-33-28-27-32-46(47)52(48)57/h27-29,32-42,50,56H,3-26,30-31,55H2,1-2H3. The number of nitrogens with two attached hydrogens (primary N) is 1. The Morgan fingerprint density at radius 1 is 0.542 bits per heavy atom. The molecule has 3 aromatic carbocycles. The van der Waals surface area contributed by atoms with E-state index in [4.69, 9.17) is 10.5 Å². The highest BCUT2D eigenvalue weighted by molar-refractivity contribution is 6.30. The summed E-state index contributed by atoms with van der Waals surface area (Å²) in [5.41, 5.74) is 10.8. The van der Waals surface area contributed by atoms with E-state index < -0.39 is 11.8 Å². The van der Waals surface area contributed by atoms with E-state index in [1.54, 1.807) is 30.3 Å². The van der Waals surface area contributed by atoms with Crippen LogP contribution in [0.1, 0.15) is 212 Å². The van der Waals surface area contributed by atoms with Crippen LogP contribution in [0, 0.1) is 0 Å². The maximum atomic E-state index is 13.9. The molecule has 59 heavy (non-hydrogen) atoms.